The number of likely N-dealkylation sites (N-methyl/N-ethyl adjacent to an activating group) is 1. The summed E-state index contributed by atoms with van der Waals surface area (Å²) in [6.45, 7) is 7.56. The van der Waals surface area contributed by atoms with Crippen molar-refractivity contribution in [1.29, 1.82) is 0 Å². The second-order valence-electron chi connectivity index (χ2n) is 7.00. The van der Waals surface area contributed by atoms with Gasteiger partial charge in [-0.3, -0.25) is 9.59 Å². The van der Waals surface area contributed by atoms with E-state index in [1.165, 1.54) is 0 Å². The standard InChI is InChI=1S/C24H28N2O3/c1-5-17-8-13-20-22(14-17)26(16-23(27)25(6-2)7-3)15-21(24(20)28)18-9-11-19(29-4)12-10-18/h8-15H,5-7,16H2,1-4H3. The smallest absolute Gasteiger partial charge is 0.242 e. The number of nitrogens with zero attached hydrogens (tertiary/aromatic N) is 2. The second kappa shape index (κ2) is 8.95. The molecular formula is C24H28N2O3. The highest BCUT2D eigenvalue weighted by atomic mass is 16.5. The van der Waals surface area contributed by atoms with Gasteiger partial charge in [0, 0.05) is 30.2 Å². The van der Waals surface area contributed by atoms with E-state index in [-0.39, 0.29) is 17.9 Å². The van der Waals surface area contributed by atoms with Crippen LogP contribution in [0.25, 0.3) is 22.0 Å². The molecule has 5 nitrogen and oxygen atoms in total. The number of rotatable bonds is 7. The van der Waals surface area contributed by atoms with E-state index < -0.39 is 0 Å². The minimum absolute atomic E-state index is 0.0284. The minimum atomic E-state index is -0.0284. The Morgan fingerprint density at radius 1 is 1.03 bits per heavy atom. The Bertz CT molecular complexity index is 1060. The number of hydrogen-bond acceptors (Lipinski definition) is 3. The Balaban J connectivity index is 2.19. The number of carbonyl (C=O) groups is 1. The van der Waals surface area contributed by atoms with Crippen LogP contribution in [0.1, 0.15) is 26.3 Å². The molecule has 0 bridgehead atoms. The number of hydrogen-bond donors (Lipinski definition) is 0. The molecule has 1 amide bonds. The zero-order valence-corrected chi connectivity index (χ0v) is 17.6. The minimum Gasteiger partial charge on any atom is -0.497 e. The average Bonchev–Trinajstić information content (AvgIpc) is 2.76. The molecule has 1 aromatic heterocycles. The van der Waals surface area contributed by atoms with Crippen LogP contribution in [0.2, 0.25) is 0 Å². The maximum atomic E-state index is 13.2. The van der Waals surface area contributed by atoms with Gasteiger partial charge in [0.1, 0.15) is 12.3 Å². The van der Waals surface area contributed by atoms with Crippen molar-refractivity contribution < 1.29 is 9.53 Å². The zero-order chi connectivity index (χ0) is 21.0. The zero-order valence-electron chi connectivity index (χ0n) is 17.6. The lowest BCUT2D eigenvalue weighted by molar-refractivity contribution is -0.131. The van der Waals surface area contributed by atoms with E-state index in [4.69, 9.17) is 4.74 Å². The van der Waals surface area contributed by atoms with Crippen molar-refractivity contribution in [2.75, 3.05) is 20.2 Å². The molecule has 1 heterocycles. The topological polar surface area (TPSA) is 51.5 Å². The lowest BCUT2D eigenvalue weighted by Gasteiger charge is -2.21. The summed E-state index contributed by atoms with van der Waals surface area (Å²) >= 11 is 0. The third-order valence-corrected chi connectivity index (χ3v) is 5.38. The molecule has 0 aliphatic rings. The van der Waals surface area contributed by atoms with Crippen LogP contribution >= 0.6 is 0 Å². The van der Waals surface area contributed by atoms with E-state index >= 15 is 0 Å². The van der Waals surface area contributed by atoms with Crippen molar-refractivity contribution in [3.05, 3.63) is 64.4 Å². The molecule has 0 aliphatic carbocycles. The number of aromatic nitrogens is 1. The van der Waals surface area contributed by atoms with Gasteiger partial charge in [0.25, 0.3) is 0 Å². The molecule has 152 valence electrons. The van der Waals surface area contributed by atoms with Crippen molar-refractivity contribution >= 4 is 16.8 Å². The van der Waals surface area contributed by atoms with Gasteiger partial charge >= 0.3 is 0 Å². The van der Waals surface area contributed by atoms with Crippen LogP contribution in [0.4, 0.5) is 0 Å². The maximum absolute atomic E-state index is 13.2. The quantitative estimate of drug-likeness (QED) is 0.608. The lowest BCUT2D eigenvalue weighted by Crippen LogP contribution is -2.33. The number of amides is 1. The third kappa shape index (κ3) is 4.19. The van der Waals surface area contributed by atoms with Crippen molar-refractivity contribution in [3.63, 3.8) is 0 Å². The molecule has 29 heavy (non-hydrogen) atoms. The van der Waals surface area contributed by atoms with E-state index in [0.717, 1.165) is 28.8 Å². The van der Waals surface area contributed by atoms with Crippen molar-refractivity contribution in [1.82, 2.24) is 9.47 Å². The SMILES string of the molecule is CCc1ccc2c(=O)c(-c3ccc(OC)cc3)cn(CC(=O)N(CC)CC)c2c1. The van der Waals surface area contributed by atoms with Crippen molar-refractivity contribution in [2.24, 2.45) is 0 Å². The molecule has 0 N–H and O–H groups in total. The Hall–Kier alpha value is -3.08. The van der Waals surface area contributed by atoms with Crippen molar-refractivity contribution in [3.8, 4) is 16.9 Å². The van der Waals surface area contributed by atoms with E-state index in [9.17, 15) is 9.59 Å². The Labute approximate surface area is 171 Å². The van der Waals surface area contributed by atoms with Gasteiger partial charge in [-0.1, -0.05) is 25.1 Å². The number of ether oxygens (including phenoxy) is 1. The Morgan fingerprint density at radius 3 is 2.31 bits per heavy atom. The van der Waals surface area contributed by atoms with Crippen molar-refractivity contribution in [2.45, 2.75) is 33.7 Å². The highest BCUT2D eigenvalue weighted by Crippen LogP contribution is 2.23. The number of benzene rings is 2. The number of aryl methyl sites for hydroxylation is 1. The summed E-state index contributed by atoms with van der Waals surface area (Å²) in [4.78, 5) is 27.8. The van der Waals surface area contributed by atoms with E-state index in [1.54, 1.807) is 12.0 Å². The van der Waals surface area contributed by atoms with Gasteiger partial charge in [0.15, 0.2) is 5.43 Å². The monoisotopic (exact) mass is 392 g/mol. The van der Waals surface area contributed by atoms with E-state index in [1.807, 2.05) is 67.1 Å². The van der Waals surface area contributed by atoms with Gasteiger partial charge in [0.05, 0.1) is 12.6 Å². The average molecular weight is 392 g/mol. The fourth-order valence-corrected chi connectivity index (χ4v) is 3.58. The molecular weight excluding hydrogens is 364 g/mol. The van der Waals surface area contributed by atoms with Gasteiger partial charge < -0.3 is 14.2 Å². The highest BCUT2D eigenvalue weighted by Gasteiger charge is 2.16. The van der Waals surface area contributed by atoms with E-state index in [2.05, 4.69) is 6.92 Å². The predicted octanol–water partition coefficient (Wildman–Crippen LogP) is 4.11. The summed E-state index contributed by atoms with van der Waals surface area (Å²) in [7, 11) is 1.61. The van der Waals surface area contributed by atoms with Crippen LogP contribution in [0.5, 0.6) is 5.75 Å². The summed E-state index contributed by atoms with van der Waals surface area (Å²) in [5, 5.41) is 0.628. The number of fused-ring (bicyclic) bond motifs is 1. The van der Waals surface area contributed by atoms with Crippen LogP contribution in [0.15, 0.2) is 53.5 Å². The maximum Gasteiger partial charge on any atom is 0.242 e. The molecule has 5 heteroatoms. The third-order valence-electron chi connectivity index (χ3n) is 5.38. The number of carbonyl (C=O) groups excluding carboxylic acids is 1. The molecule has 3 aromatic rings. The Kier molecular flexibility index (Phi) is 6.37. The molecule has 0 unspecified atom stereocenters. The molecule has 2 aromatic carbocycles. The van der Waals surface area contributed by atoms with Gasteiger partial charge in [-0.05, 0) is 55.7 Å². The summed E-state index contributed by atoms with van der Waals surface area (Å²) in [5.74, 6) is 0.779. The summed E-state index contributed by atoms with van der Waals surface area (Å²) in [5.41, 5.74) is 3.29. The van der Waals surface area contributed by atoms with Gasteiger partial charge in [-0.15, -0.1) is 0 Å². The number of pyridine rings is 1. The molecule has 0 atom stereocenters. The van der Waals surface area contributed by atoms with Crippen LogP contribution in [0.3, 0.4) is 0 Å². The largest absolute Gasteiger partial charge is 0.497 e. The predicted molar refractivity (Wildman–Crippen MR) is 118 cm³/mol. The molecule has 0 fully saturated rings. The first-order chi connectivity index (χ1) is 14.0. The van der Waals surface area contributed by atoms with Crippen LogP contribution in [-0.2, 0) is 17.8 Å². The summed E-state index contributed by atoms with van der Waals surface area (Å²) in [6.07, 6.45) is 2.68. The molecule has 0 saturated carbocycles. The van der Waals surface area contributed by atoms with E-state index in [0.29, 0.717) is 24.0 Å². The molecule has 3 rings (SSSR count). The molecule has 0 radical (unpaired) electrons. The molecule has 0 aliphatic heterocycles. The first-order valence-electron chi connectivity index (χ1n) is 10.1. The molecule has 0 spiro atoms. The van der Waals surface area contributed by atoms with Crippen LogP contribution in [-0.4, -0.2) is 35.6 Å². The second-order valence-corrected chi connectivity index (χ2v) is 7.00. The van der Waals surface area contributed by atoms with Gasteiger partial charge in [0.2, 0.25) is 5.91 Å². The fourth-order valence-electron chi connectivity index (χ4n) is 3.58. The van der Waals surface area contributed by atoms with Gasteiger partial charge in [-0.25, -0.2) is 0 Å². The fraction of sp³-hybridized carbons (Fsp3) is 0.333. The summed E-state index contributed by atoms with van der Waals surface area (Å²) in [6, 6.07) is 13.3. The van der Waals surface area contributed by atoms with Gasteiger partial charge in [-0.2, -0.15) is 0 Å². The normalized spacial score (nSPS) is 10.9. The lowest BCUT2D eigenvalue weighted by atomic mass is 10.0. The Morgan fingerprint density at radius 2 is 1.72 bits per heavy atom. The van der Waals surface area contributed by atoms with Crippen LogP contribution in [0, 0.1) is 0 Å². The first-order valence-corrected chi connectivity index (χ1v) is 10.1. The first kappa shape index (κ1) is 20.6. The highest BCUT2D eigenvalue weighted by molar-refractivity contribution is 5.86. The summed E-state index contributed by atoms with van der Waals surface area (Å²) < 4.78 is 7.14. The molecule has 0 saturated heterocycles. The number of methoxy groups -OCH3 is 1. The van der Waals surface area contributed by atoms with Crippen LogP contribution < -0.4 is 10.2 Å².